The quantitative estimate of drug-likeness (QED) is 0.865. The first kappa shape index (κ1) is 14.5. The van der Waals surface area contributed by atoms with Gasteiger partial charge in [-0.15, -0.1) is 0 Å². The molecule has 1 saturated heterocycles. The number of carbonyl (C=O) groups is 2. The summed E-state index contributed by atoms with van der Waals surface area (Å²) in [6, 6.07) is 3.23. The zero-order valence-corrected chi connectivity index (χ0v) is 11.1. The van der Waals surface area contributed by atoms with E-state index in [0.29, 0.717) is 6.54 Å². The molecule has 6 heteroatoms. The lowest BCUT2D eigenvalue weighted by molar-refractivity contribution is -0.116. The van der Waals surface area contributed by atoms with E-state index in [-0.39, 0.29) is 23.6 Å². The number of halogens is 1. The van der Waals surface area contributed by atoms with Crippen molar-refractivity contribution in [1.82, 2.24) is 4.90 Å². The Labute approximate surface area is 116 Å². The van der Waals surface area contributed by atoms with E-state index >= 15 is 0 Å². The standard InChI is InChI=1S/C14H17FN2O3/c15-10-3-4-11(14(19)20)12(9-10)16-13(18)5-8-17-6-1-2-7-17/h3-4,9H,1-2,5-8H2,(H,16,18)(H,19,20). The van der Waals surface area contributed by atoms with Gasteiger partial charge in [0.25, 0.3) is 0 Å². The van der Waals surface area contributed by atoms with Crippen molar-refractivity contribution in [3.63, 3.8) is 0 Å². The van der Waals surface area contributed by atoms with Crippen LogP contribution in [0.1, 0.15) is 29.6 Å². The predicted octanol–water partition coefficient (Wildman–Crippen LogP) is 1.95. The molecule has 1 aliphatic rings. The number of carbonyl (C=O) groups excluding carboxylic acids is 1. The highest BCUT2D eigenvalue weighted by atomic mass is 19.1. The molecule has 20 heavy (non-hydrogen) atoms. The summed E-state index contributed by atoms with van der Waals surface area (Å²) in [6.07, 6.45) is 2.57. The fourth-order valence-electron chi connectivity index (χ4n) is 2.28. The molecular weight excluding hydrogens is 263 g/mol. The van der Waals surface area contributed by atoms with Crippen molar-refractivity contribution in [2.45, 2.75) is 19.3 Å². The van der Waals surface area contributed by atoms with Crippen LogP contribution in [0.15, 0.2) is 18.2 Å². The van der Waals surface area contributed by atoms with E-state index in [1.54, 1.807) is 0 Å². The van der Waals surface area contributed by atoms with Crippen molar-refractivity contribution in [2.24, 2.45) is 0 Å². The van der Waals surface area contributed by atoms with Gasteiger partial charge < -0.3 is 15.3 Å². The Morgan fingerprint density at radius 1 is 1.30 bits per heavy atom. The summed E-state index contributed by atoms with van der Waals surface area (Å²) in [5, 5.41) is 11.5. The van der Waals surface area contributed by atoms with Gasteiger partial charge in [-0.25, -0.2) is 9.18 Å². The number of nitrogens with one attached hydrogen (secondary N) is 1. The number of anilines is 1. The highest BCUT2D eigenvalue weighted by molar-refractivity contribution is 6.00. The van der Waals surface area contributed by atoms with E-state index in [4.69, 9.17) is 5.11 Å². The smallest absolute Gasteiger partial charge is 0.337 e. The van der Waals surface area contributed by atoms with Gasteiger partial charge in [-0.05, 0) is 44.1 Å². The van der Waals surface area contributed by atoms with E-state index in [0.717, 1.165) is 44.1 Å². The Balaban J connectivity index is 1.96. The monoisotopic (exact) mass is 280 g/mol. The van der Waals surface area contributed by atoms with Crippen LogP contribution in [0, 0.1) is 5.82 Å². The van der Waals surface area contributed by atoms with Crippen LogP contribution in [0.2, 0.25) is 0 Å². The topological polar surface area (TPSA) is 69.6 Å². The molecule has 1 amide bonds. The molecule has 1 aromatic carbocycles. The number of aromatic carboxylic acids is 1. The van der Waals surface area contributed by atoms with E-state index in [2.05, 4.69) is 10.2 Å². The van der Waals surface area contributed by atoms with E-state index < -0.39 is 11.8 Å². The molecule has 0 unspecified atom stereocenters. The summed E-state index contributed by atoms with van der Waals surface area (Å²) in [5.41, 5.74) is -0.107. The number of hydrogen-bond acceptors (Lipinski definition) is 3. The van der Waals surface area contributed by atoms with Crippen molar-refractivity contribution in [1.29, 1.82) is 0 Å². The molecule has 5 nitrogen and oxygen atoms in total. The lowest BCUT2D eigenvalue weighted by atomic mass is 10.1. The summed E-state index contributed by atoms with van der Waals surface area (Å²) >= 11 is 0. The largest absolute Gasteiger partial charge is 0.478 e. The first-order chi connectivity index (χ1) is 9.56. The SMILES string of the molecule is O=C(CCN1CCCC1)Nc1cc(F)ccc1C(=O)O. The average Bonchev–Trinajstić information content (AvgIpc) is 2.89. The van der Waals surface area contributed by atoms with Gasteiger partial charge in [0, 0.05) is 13.0 Å². The lowest BCUT2D eigenvalue weighted by Crippen LogP contribution is -2.25. The molecule has 0 radical (unpaired) electrons. The summed E-state index contributed by atoms with van der Waals surface area (Å²) in [4.78, 5) is 25.0. The van der Waals surface area contributed by atoms with E-state index in [9.17, 15) is 14.0 Å². The second kappa shape index (κ2) is 6.47. The van der Waals surface area contributed by atoms with E-state index in [1.807, 2.05) is 0 Å². The maximum atomic E-state index is 13.1. The summed E-state index contributed by atoms with van der Waals surface area (Å²) in [7, 11) is 0. The van der Waals surface area contributed by atoms with Gasteiger partial charge in [0.15, 0.2) is 0 Å². The second-order valence-corrected chi connectivity index (χ2v) is 4.84. The number of likely N-dealkylation sites (tertiary alicyclic amines) is 1. The molecular formula is C14H17FN2O3. The molecule has 1 heterocycles. The second-order valence-electron chi connectivity index (χ2n) is 4.84. The first-order valence-corrected chi connectivity index (χ1v) is 6.61. The molecule has 0 atom stereocenters. The maximum Gasteiger partial charge on any atom is 0.337 e. The summed E-state index contributed by atoms with van der Waals surface area (Å²) in [5.74, 6) is -2.07. The van der Waals surface area contributed by atoms with Crippen molar-refractivity contribution in [2.75, 3.05) is 25.0 Å². The van der Waals surface area contributed by atoms with Crippen molar-refractivity contribution < 1.29 is 19.1 Å². The Morgan fingerprint density at radius 3 is 2.65 bits per heavy atom. The third-order valence-corrected chi connectivity index (χ3v) is 3.34. The number of amides is 1. The zero-order valence-electron chi connectivity index (χ0n) is 11.1. The lowest BCUT2D eigenvalue weighted by Gasteiger charge is -2.14. The van der Waals surface area contributed by atoms with Crippen LogP contribution in [-0.4, -0.2) is 41.5 Å². The van der Waals surface area contributed by atoms with Gasteiger partial charge in [0.1, 0.15) is 5.82 Å². The van der Waals surface area contributed by atoms with Crippen LogP contribution in [0.4, 0.5) is 10.1 Å². The molecule has 1 aromatic rings. The van der Waals surface area contributed by atoms with Crippen LogP contribution in [0.25, 0.3) is 0 Å². The molecule has 2 rings (SSSR count). The molecule has 1 fully saturated rings. The van der Waals surface area contributed by atoms with Gasteiger partial charge in [-0.3, -0.25) is 4.79 Å². The zero-order chi connectivity index (χ0) is 14.5. The van der Waals surface area contributed by atoms with Crippen molar-refractivity contribution in [3.05, 3.63) is 29.6 Å². The minimum Gasteiger partial charge on any atom is -0.478 e. The third kappa shape index (κ3) is 3.77. The average molecular weight is 280 g/mol. The van der Waals surface area contributed by atoms with Crippen molar-refractivity contribution >= 4 is 17.6 Å². The highest BCUT2D eigenvalue weighted by Gasteiger charge is 2.16. The Bertz CT molecular complexity index is 513. The number of carboxylic acid groups (broad SMARTS) is 1. The fraction of sp³-hybridized carbons (Fsp3) is 0.429. The molecule has 0 spiro atoms. The van der Waals surface area contributed by atoms with Crippen LogP contribution in [0.5, 0.6) is 0 Å². The van der Waals surface area contributed by atoms with Crippen LogP contribution >= 0.6 is 0 Å². The minimum absolute atomic E-state index is 0.00363. The number of carboxylic acids is 1. The third-order valence-electron chi connectivity index (χ3n) is 3.34. The molecule has 0 aromatic heterocycles. The van der Waals surface area contributed by atoms with Crippen LogP contribution < -0.4 is 5.32 Å². The number of nitrogens with zero attached hydrogens (tertiary/aromatic N) is 1. The first-order valence-electron chi connectivity index (χ1n) is 6.61. The van der Waals surface area contributed by atoms with Gasteiger partial charge in [0.2, 0.25) is 5.91 Å². The fourth-order valence-corrected chi connectivity index (χ4v) is 2.28. The van der Waals surface area contributed by atoms with Gasteiger partial charge >= 0.3 is 5.97 Å². The van der Waals surface area contributed by atoms with Gasteiger partial charge in [-0.2, -0.15) is 0 Å². The molecule has 0 aliphatic carbocycles. The van der Waals surface area contributed by atoms with Crippen LogP contribution in [-0.2, 0) is 4.79 Å². The molecule has 0 bridgehead atoms. The molecule has 2 N–H and O–H groups in total. The number of hydrogen-bond donors (Lipinski definition) is 2. The number of rotatable bonds is 5. The maximum absolute atomic E-state index is 13.1. The van der Waals surface area contributed by atoms with Crippen molar-refractivity contribution in [3.8, 4) is 0 Å². The predicted molar refractivity (Wildman–Crippen MR) is 72.3 cm³/mol. The van der Waals surface area contributed by atoms with E-state index in [1.165, 1.54) is 0 Å². The molecule has 108 valence electrons. The molecule has 0 saturated carbocycles. The number of benzene rings is 1. The van der Waals surface area contributed by atoms with Gasteiger partial charge in [0.05, 0.1) is 11.3 Å². The Hall–Kier alpha value is -1.95. The molecule has 1 aliphatic heterocycles. The van der Waals surface area contributed by atoms with Crippen LogP contribution in [0.3, 0.4) is 0 Å². The van der Waals surface area contributed by atoms with Gasteiger partial charge in [-0.1, -0.05) is 0 Å². The minimum atomic E-state index is -1.19. The Kier molecular flexibility index (Phi) is 4.68. The Morgan fingerprint density at radius 2 is 2.00 bits per heavy atom. The summed E-state index contributed by atoms with van der Waals surface area (Å²) < 4.78 is 13.1. The highest BCUT2D eigenvalue weighted by Crippen LogP contribution is 2.18. The summed E-state index contributed by atoms with van der Waals surface area (Å²) in [6.45, 7) is 2.63. The normalized spacial score (nSPS) is 15.2.